The number of hydrogen-bond acceptors (Lipinski definition) is 2. The van der Waals surface area contributed by atoms with E-state index in [1.165, 1.54) is 0 Å². The number of benzene rings is 1. The van der Waals surface area contributed by atoms with E-state index in [4.69, 9.17) is 9.79 Å². The molecule has 0 aliphatic carbocycles. The van der Waals surface area contributed by atoms with Gasteiger partial charge in [0.15, 0.2) is 0 Å². The molecule has 0 aliphatic rings. The highest BCUT2D eigenvalue weighted by molar-refractivity contribution is 7.46. The fourth-order valence-electron chi connectivity index (χ4n) is 0.733. The summed E-state index contributed by atoms with van der Waals surface area (Å²) in [5.41, 5.74) is 0.737. The molecule has 1 aromatic rings. The first-order valence-corrected chi connectivity index (χ1v) is 4.85. The Morgan fingerprint density at radius 2 is 1.83 bits per heavy atom. The van der Waals surface area contributed by atoms with Gasteiger partial charge in [0.2, 0.25) is 0 Å². The lowest BCUT2D eigenvalue weighted by Crippen LogP contribution is -1.89. The third kappa shape index (κ3) is 3.64. The summed E-state index contributed by atoms with van der Waals surface area (Å²) in [6, 6.07) is 8.84. The van der Waals surface area contributed by atoms with E-state index in [0.717, 1.165) is 5.56 Å². The Hall–Kier alpha value is -0.670. The average Bonchev–Trinajstić information content (AvgIpc) is 2.02. The summed E-state index contributed by atoms with van der Waals surface area (Å²) >= 11 is 0. The second-order valence-corrected chi connectivity index (χ2v) is 3.49. The molecule has 2 N–H and O–H groups in total. The maximum absolute atomic E-state index is 10.3. The van der Waals surface area contributed by atoms with Crippen molar-refractivity contribution in [2.24, 2.45) is 0 Å². The lowest BCUT2D eigenvalue weighted by atomic mass is 10.2. The zero-order valence-electron chi connectivity index (χ0n) is 6.25. The quantitative estimate of drug-likeness (QED) is 0.701. The molecule has 0 aromatic heterocycles. The minimum Gasteiger partial charge on any atom is -0.303 e. The summed E-state index contributed by atoms with van der Waals surface area (Å²) < 4.78 is 14.6. The van der Waals surface area contributed by atoms with E-state index in [2.05, 4.69) is 4.52 Å². The van der Waals surface area contributed by atoms with Gasteiger partial charge in [0.1, 0.15) is 0 Å². The van der Waals surface area contributed by atoms with Crippen molar-refractivity contribution in [1.29, 1.82) is 0 Å². The second kappa shape index (κ2) is 3.83. The lowest BCUT2D eigenvalue weighted by molar-refractivity contribution is 0.189. The van der Waals surface area contributed by atoms with Crippen molar-refractivity contribution in [3.63, 3.8) is 0 Å². The molecule has 1 aromatic carbocycles. The zero-order chi connectivity index (χ0) is 9.03. The highest BCUT2D eigenvalue weighted by Crippen LogP contribution is 2.36. The minimum atomic E-state index is -4.33. The largest absolute Gasteiger partial charge is 0.469 e. The van der Waals surface area contributed by atoms with Crippen LogP contribution < -0.4 is 0 Å². The molecular weight excluding hydrogens is 179 g/mol. The molecule has 0 fully saturated rings. The molecule has 0 spiro atoms. The Labute approximate surface area is 70.0 Å². The van der Waals surface area contributed by atoms with Gasteiger partial charge >= 0.3 is 7.82 Å². The van der Waals surface area contributed by atoms with Gasteiger partial charge in [-0.2, -0.15) is 0 Å². The van der Waals surface area contributed by atoms with Crippen molar-refractivity contribution in [1.82, 2.24) is 0 Å². The Bertz CT molecular complexity index is 279. The molecular formula is C7H9O4P. The molecule has 0 unspecified atom stereocenters. The van der Waals surface area contributed by atoms with Crippen molar-refractivity contribution < 1.29 is 18.9 Å². The molecule has 1 rings (SSSR count). The van der Waals surface area contributed by atoms with Crippen LogP contribution in [-0.4, -0.2) is 9.79 Å². The standard InChI is InChI=1S/C7H9O4P/c8-12(9,10)11-6-7-4-2-1-3-5-7/h1-5H,6H2,(H2,8,9,10). The number of phosphoric ester groups is 1. The van der Waals surface area contributed by atoms with E-state index >= 15 is 0 Å². The van der Waals surface area contributed by atoms with Gasteiger partial charge in [-0.15, -0.1) is 0 Å². The molecule has 0 amide bonds. The first kappa shape index (κ1) is 9.42. The average molecular weight is 188 g/mol. The molecule has 0 atom stereocenters. The summed E-state index contributed by atoms with van der Waals surface area (Å²) in [5, 5.41) is 0. The summed E-state index contributed by atoms with van der Waals surface area (Å²) in [6.45, 7) is -0.0644. The van der Waals surface area contributed by atoms with E-state index in [0.29, 0.717) is 0 Å². The first-order chi connectivity index (χ1) is 5.58. The summed E-state index contributed by atoms with van der Waals surface area (Å²) in [4.78, 5) is 16.7. The van der Waals surface area contributed by atoms with Crippen LogP contribution in [0.5, 0.6) is 0 Å². The van der Waals surface area contributed by atoms with E-state index in [-0.39, 0.29) is 6.61 Å². The summed E-state index contributed by atoms with van der Waals surface area (Å²) in [5.74, 6) is 0. The van der Waals surface area contributed by atoms with Gasteiger partial charge in [-0.1, -0.05) is 30.3 Å². The first-order valence-electron chi connectivity index (χ1n) is 3.32. The van der Waals surface area contributed by atoms with Gasteiger partial charge in [0.05, 0.1) is 6.61 Å². The molecule has 0 heterocycles. The molecule has 0 saturated heterocycles. The van der Waals surface area contributed by atoms with E-state index in [9.17, 15) is 4.57 Å². The van der Waals surface area contributed by atoms with Crippen molar-refractivity contribution in [2.45, 2.75) is 6.61 Å². The van der Waals surface area contributed by atoms with Gasteiger partial charge < -0.3 is 9.79 Å². The van der Waals surface area contributed by atoms with Crippen molar-refractivity contribution in [3.05, 3.63) is 35.9 Å². The van der Waals surface area contributed by atoms with Crippen LogP contribution in [0.2, 0.25) is 0 Å². The highest BCUT2D eigenvalue weighted by atomic mass is 31.2. The van der Waals surface area contributed by atoms with Crippen molar-refractivity contribution in [3.8, 4) is 0 Å². The zero-order valence-corrected chi connectivity index (χ0v) is 7.15. The normalized spacial score (nSPS) is 11.5. The summed E-state index contributed by atoms with van der Waals surface area (Å²) in [7, 11) is -4.33. The summed E-state index contributed by atoms with van der Waals surface area (Å²) in [6.07, 6.45) is 0. The lowest BCUT2D eigenvalue weighted by Gasteiger charge is -2.03. The predicted octanol–water partition coefficient (Wildman–Crippen LogP) is 1.30. The number of rotatable bonds is 3. The van der Waals surface area contributed by atoms with Crippen molar-refractivity contribution >= 4 is 7.82 Å². The van der Waals surface area contributed by atoms with Crippen LogP contribution in [0.15, 0.2) is 30.3 Å². The van der Waals surface area contributed by atoms with Crippen molar-refractivity contribution in [2.75, 3.05) is 0 Å². The smallest absolute Gasteiger partial charge is 0.303 e. The van der Waals surface area contributed by atoms with Crippen LogP contribution in [0.4, 0.5) is 0 Å². The molecule has 0 bridgehead atoms. The Balaban J connectivity index is 2.50. The molecule has 12 heavy (non-hydrogen) atoms. The van der Waals surface area contributed by atoms with E-state index < -0.39 is 7.82 Å². The van der Waals surface area contributed by atoms with Crippen LogP contribution in [0.3, 0.4) is 0 Å². The monoisotopic (exact) mass is 188 g/mol. The molecule has 66 valence electrons. The van der Waals surface area contributed by atoms with Crippen LogP contribution in [0.25, 0.3) is 0 Å². The van der Waals surface area contributed by atoms with Gasteiger partial charge in [0, 0.05) is 0 Å². The third-order valence-electron chi connectivity index (χ3n) is 1.24. The number of phosphoric acid groups is 1. The molecule has 0 radical (unpaired) electrons. The Morgan fingerprint density at radius 3 is 2.33 bits per heavy atom. The van der Waals surface area contributed by atoms with E-state index in [1.807, 2.05) is 6.07 Å². The topological polar surface area (TPSA) is 66.8 Å². The Kier molecular flexibility index (Phi) is 3.00. The molecule has 4 nitrogen and oxygen atoms in total. The molecule has 0 aliphatic heterocycles. The van der Waals surface area contributed by atoms with Crippen LogP contribution in [0.1, 0.15) is 5.56 Å². The maximum atomic E-state index is 10.3. The minimum absolute atomic E-state index is 0.0644. The van der Waals surface area contributed by atoms with Gasteiger partial charge in [0.25, 0.3) is 0 Å². The number of hydrogen-bond donors (Lipinski definition) is 2. The van der Waals surface area contributed by atoms with Crippen LogP contribution in [-0.2, 0) is 15.7 Å². The van der Waals surface area contributed by atoms with Gasteiger partial charge in [-0.25, -0.2) is 4.57 Å². The second-order valence-electron chi connectivity index (χ2n) is 2.25. The van der Waals surface area contributed by atoms with Gasteiger partial charge in [-0.05, 0) is 5.56 Å². The molecule has 5 heteroatoms. The van der Waals surface area contributed by atoms with Crippen LogP contribution in [0, 0.1) is 0 Å². The van der Waals surface area contributed by atoms with Crippen LogP contribution >= 0.6 is 7.82 Å². The van der Waals surface area contributed by atoms with Gasteiger partial charge in [-0.3, -0.25) is 4.52 Å². The fraction of sp³-hybridized carbons (Fsp3) is 0.143. The molecule has 0 saturated carbocycles. The Morgan fingerprint density at radius 1 is 1.25 bits per heavy atom. The third-order valence-corrected chi connectivity index (χ3v) is 1.71. The highest BCUT2D eigenvalue weighted by Gasteiger charge is 2.12. The van der Waals surface area contributed by atoms with E-state index in [1.54, 1.807) is 24.3 Å². The predicted molar refractivity (Wildman–Crippen MR) is 43.3 cm³/mol. The fourth-order valence-corrected chi connectivity index (χ4v) is 1.05. The SMILES string of the molecule is O=P(O)(O)OCc1ccccc1. The maximum Gasteiger partial charge on any atom is 0.469 e.